The highest BCUT2D eigenvalue weighted by Crippen LogP contribution is 2.25. The van der Waals surface area contributed by atoms with Crippen molar-refractivity contribution in [2.75, 3.05) is 33.3 Å². The molecule has 0 aromatic heterocycles. The Morgan fingerprint density at radius 1 is 1.00 bits per heavy atom. The molecule has 3 rings (SSSR count). The van der Waals surface area contributed by atoms with Gasteiger partial charge in [-0.15, -0.1) is 0 Å². The predicted molar refractivity (Wildman–Crippen MR) is 120 cm³/mol. The molecule has 1 fully saturated rings. The van der Waals surface area contributed by atoms with E-state index in [0.29, 0.717) is 0 Å². The van der Waals surface area contributed by atoms with Gasteiger partial charge in [0, 0.05) is 61.4 Å². The molecule has 1 heterocycles. The lowest BCUT2D eigenvalue weighted by atomic mass is 10.1. The number of rotatable bonds is 6. The zero-order valence-electron chi connectivity index (χ0n) is 17.4. The molecule has 2 aromatic rings. The molecule has 2 N–H and O–H groups in total. The van der Waals surface area contributed by atoms with Crippen molar-refractivity contribution in [3.05, 3.63) is 68.2 Å². The minimum absolute atomic E-state index is 0.140. The summed E-state index contributed by atoms with van der Waals surface area (Å²) in [6.07, 6.45) is 0. The van der Waals surface area contributed by atoms with Crippen molar-refractivity contribution in [1.29, 1.82) is 0 Å². The van der Waals surface area contributed by atoms with E-state index in [1.807, 2.05) is 24.3 Å². The zero-order valence-corrected chi connectivity index (χ0v) is 19.0. The lowest BCUT2D eigenvalue weighted by molar-refractivity contribution is -0.384. The van der Waals surface area contributed by atoms with E-state index in [0.717, 1.165) is 55.1 Å². The molecule has 0 spiro atoms. The number of carboxylic acid groups (broad SMARTS) is 2. The van der Waals surface area contributed by atoms with Crippen LogP contribution in [-0.4, -0.2) is 70.2 Å². The van der Waals surface area contributed by atoms with Gasteiger partial charge < -0.3 is 14.9 Å². The normalized spacial score (nSPS) is 14.2. The van der Waals surface area contributed by atoms with Gasteiger partial charge in [-0.2, -0.15) is 0 Å². The SMILES string of the molecule is COc1ccc(Br)cc1CN1CCN(Cc2ccc([N+](=O)[O-])cc2)CC1.O=C(O)C(=O)O. The van der Waals surface area contributed by atoms with E-state index >= 15 is 0 Å². The molecular formula is C21H24BrN3O7. The Hall–Kier alpha value is -3.02. The average molecular weight is 510 g/mol. The van der Waals surface area contributed by atoms with Crippen LogP contribution in [0.2, 0.25) is 0 Å². The van der Waals surface area contributed by atoms with Gasteiger partial charge in [-0.25, -0.2) is 9.59 Å². The minimum atomic E-state index is -1.82. The van der Waals surface area contributed by atoms with Gasteiger partial charge in [-0.1, -0.05) is 28.1 Å². The molecule has 1 saturated heterocycles. The standard InChI is InChI=1S/C19H22BrN3O3.C2H2O4/c1-26-19-7-4-17(20)12-16(19)14-22-10-8-21(9-11-22)13-15-2-5-18(6-3-15)23(24)25;3-1(4)2(5)6/h2-7,12H,8-11,13-14H2,1H3;(H,3,4)(H,5,6). The first-order valence-corrected chi connectivity index (χ1v) is 10.5. The molecule has 1 aliphatic heterocycles. The summed E-state index contributed by atoms with van der Waals surface area (Å²) in [5, 5.41) is 25.5. The van der Waals surface area contributed by atoms with E-state index < -0.39 is 11.9 Å². The smallest absolute Gasteiger partial charge is 0.414 e. The Morgan fingerprint density at radius 2 is 1.53 bits per heavy atom. The summed E-state index contributed by atoms with van der Waals surface area (Å²) in [5.74, 6) is -2.73. The van der Waals surface area contributed by atoms with Crippen LogP contribution in [0.25, 0.3) is 0 Å². The summed E-state index contributed by atoms with van der Waals surface area (Å²) < 4.78 is 6.52. The number of benzene rings is 2. The van der Waals surface area contributed by atoms with Gasteiger partial charge in [0.25, 0.3) is 5.69 Å². The van der Waals surface area contributed by atoms with Crippen molar-refractivity contribution in [3.8, 4) is 5.75 Å². The lowest BCUT2D eigenvalue weighted by Crippen LogP contribution is -2.45. The molecule has 0 radical (unpaired) electrons. The third-order valence-corrected chi connectivity index (χ3v) is 5.33. The molecule has 2 aromatic carbocycles. The molecule has 0 aliphatic carbocycles. The molecule has 1 aliphatic rings. The van der Waals surface area contributed by atoms with Gasteiger partial charge in [0.05, 0.1) is 12.0 Å². The van der Waals surface area contributed by atoms with E-state index in [1.54, 1.807) is 19.2 Å². The van der Waals surface area contributed by atoms with Crippen LogP contribution < -0.4 is 4.74 Å². The number of piperazine rings is 1. The summed E-state index contributed by atoms with van der Waals surface area (Å²) in [4.78, 5) is 33.4. The Balaban J connectivity index is 0.000000534. The number of ether oxygens (including phenoxy) is 1. The second kappa shape index (κ2) is 12.1. The molecule has 11 heteroatoms. The number of nitro benzene ring substituents is 1. The summed E-state index contributed by atoms with van der Waals surface area (Å²) in [5.41, 5.74) is 2.44. The van der Waals surface area contributed by atoms with Crippen molar-refractivity contribution in [2.45, 2.75) is 13.1 Å². The number of hydrogen-bond acceptors (Lipinski definition) is 7. The van der Waals surface area contributed by atoms with Gasteiger partial charge in [0.2, 0.25) is 0 Å². The van der Waals surface area contributed by atoms with Gasteiger partial charge in [0.15, 0.2) is 0 Å². The molecular weight excluding hydrogens is 486 g/mol. The maximum absolute atomic E-state index is 10.7. The van der Waals surface area contributed by atoms with E-state index in [2.05, 4.69) is 31.8 Å². The summed E-state index contributed by atoms with van der Waals surface area (Å²) >= 11 is 3.53. The molecule has 10 nitrogen and oxygen atoms in total. The van der Waals surface area contributed by atoms with Crippen LogP contribution in [0, 0.1) is 10.1 Å². The number of methoxy groups -OCH3 is 1. The lowest BCUT2D eigenvalue weighted by Gasteiger charge is -2.35. The summed E-state index contributed by atoms with van der Waals surface area (Å²) in [6, 6.07) is 12.9. The topological polar surface area (TPSA) is 133 Å². The van der Waals surface area contributed by atoms with Gasteiger partial charge in [-0.3, -0.25) is 19.9 Å². The second-order valence-corrected chi connectivity index (χ2v) is 7.96. The van der Waals surface area contributed by atoms with Gasteiger partial charge in [0.1, 0.15) is 5.75 Å². The van der Waals surface area contributed by atoms with Gasteiger partial charge in [-0.05, 0) is 23.8 Å². The van der Waals surface area contributed by atoms with Crippen LogP contribution in [0.1, 0.15) is 11.1 Å². The third kappa shape index (κ3) is 7.91. The first-order chi connectivity index (χ1) is 15.2. The van der Waals surface area contributed by atoms with Crippen LogP contribution in [0.15, 0.2) is 46.9 Å². The molecule has 0 amide bonds. The van der Waals surface area contributed by atoms with Crippen molar-refractivity contribution >= 4 is 33.6 Å². The van der Waals surface area contributed by atoms with Crippen LogP contribution in [0.4, 0.5) is 5.69 Å². The summed E-state index contributed by atoms with van der Waals surface area (Å²) in [6.45, 7) is 5.63. The van der Waals surface area contributed by atoms with Crippen LogP contribution in [0.3, 0.4) is 0 Å². The van der Waals surface area contributed by atoms with E-state index in [9.17, 15) is 10.1 Å². The quantitative estimate of drug-likeness (QED) is 0.342. The van der Waals surface area contributed by atoms with Crippen molar-refractivity contribution < 1.29 is 29.5 Å². The first-order valence-electron chi connectivity index (χ1n) is 9.66. The van der Waals surface area contributed by atoms with Crippen LogP contribution in [-0.2, 0) is 22.7 Å². The molecule has 0 saturated carbocycles. The predicted octanol–water partition coefficient (Wildman–Crippen LogP) is 2.84. The van der Waals surface area contributed by atoms with Crippen molar-refractivity contribution in [3.63, 3.8) is 0 Å². The maximum Gasteiger partial charge on any atom is 0.414 e. The molecule has 0 bridgehead atoms. The fraction of sp³-hybridized carbons (Fsp3) is 0.333. The fourth-order valence-corrected chi connectivity index (χ4v) is 3.61. The Kier molecular flexibility index (Phi) is 9.57. The molecule has 0 atom stereocenters. The monoisotopic (exact) mass is 509 g/mol. The molecule has 172 valence electrons. The average Bonchev–Trinajstić information content (AvgIpc) is 2.76. The fourth-order valence-electron chi connectivity index (χ4n) is 3.20. The highest BCUT2D eigenvalue weighted by molar-refractivity contribution is 9.10. The Morgan fingerprint density at radius 3 is 2.00 bits per heavy atom. The number of carboxylic acids is 2. The summed E-state index contributed by atoms with van der Waals surface area (Å²) in [7, 11) is 1.70. The first kappa shape index (κ1) is 25.2. The number of non-ortho nitro benzene ring substituents is 1. The zero-order chi connectivity index (χ0) is 23.7. The van der Waals surface area contributed by atoms with Crippen LogP contribution in [0.5, 0.6) is 5.75 Å². The van der Waals surface area contributed by atoms with Crippen molar-refractivity contribution in [2.24, 2.45) is 0 Å². The maximum atomic E-state index is 10.7. The number of carbonyl (C=O) groups is 2. The molecule has 0 unspecified atom stereocenters. The van der Waals surface area contributed by atoms with Crippen LogP contribution >= 0.6 is 15.9 Å². The largest absolute Gasteiger partial charge is 0.496 e. The van der Waals surface area contributed by atoms with E-state index in [-0.39, 0.29) is 10.6 Å². The van der Waals surface area contributed by atoms with Gasteiger partial charge >= 0.3 is 11.9 Å². The number of aliphatic carboxylic acids is 2. The third-order valence-electron chi connectivity index (χ3n) is 4.84. The second-order valence-electron chi connectivity index (χ2n) is 7.04. The Bertz CT molecular complexity index is 933. The number of halogens is 1. The Labute approximate surface area is 193 Å². The molecule has 32 heavy (non-hydrogen) atoms. The van der Waals surface area contributed by atoms with Crippen molar-refractivity contribution in [1.82, 2.24) is 9.80 Å². The van der Waals surface area contributed by atoms with E-state index in [4.69, 9.17) is 24.5 Å². The number of nitrogens with zero attached hydrogens (tertiary/aromatic N) is 3. The highest BCUT2D eigenvalue weighted by Gasteiger charge is 2.19. The number of hydrogen-bond donors (Lipinski definition) is 2. The number of nitro groups is 1. The minimum Gasteiger partial charge on any atom is -0.496 e. The highest BCUT2D eigenvalue weighted by atomic mass is 79.9. The van der Waals surface area contributed by atoms with E-state index in [1.165, 1.54) is 5.56 Å².